The molecular weight excluding hydrogens is 359 g/mol. The number of hydrogen-bond donors (Lipinski definition) is 2. The lowest BCUT2D eigenvalue weighted by Gasteiger charge is -2.25. The van der Waals surface area contributed by atoms with Crippen molar-refractivity contribution in [3.05, 3.63) is 53.5 Å². The van der Waals surface area contributed by atoms with Crippen LogP contribution in [-0.2, 0) is 10.0 Å². The molecule has 0 spiro atoms. The first-order valence-corrected chi connectivity index (χ1v) is 9.99. The molecule has 26 heavy (non-hydrogen) atoms. The third kappa shape index (κ3) is 3.96. The lowest BCUT2D eigenvalue weighted by atomic mass is 9.91. The van der Waals surface area contributed by atoms with Crippen LogP contribution in [0, 0.1) is 11.7 Å². The van der Waals surface area contributed by atoms with Gasteiger partial charge in [0, 0.05) is 0 Å². The first-order valence-electron chi connectivity index (χ1n) is 8.50. The molecule has 0 bridgehead atoms. The first kappa shape index (κ1) is 18.6. The van der Waals surface area contributed by atoms with Gasteiger partial charge >= 0.3 is 0 Å². The maximum atomic E-state index is 13.2. The van der Waals surface area contributed by atoms with E-state index in [0.29, 0.717) is 0 Å². The molecule has 140 valence electrons. The van der Waals surface area contributed by atoms with Crippen molar-refractivity contribution in [1.82, 2.24) is 10.0 Å². The molecule has 0 aliphatic heterocycles. The third-order valence-corrected chi connectivity index (χ3v) is 6.01. The second kappa shape index (κ2) is 7.59. The average Bonchev–Trinajstić information content (AvgIpc) is 3.32. The van der Waals surface area contributed by atoms with Gasteiger partial charge in [0.1, 0.15) is 5.82 Å². The van der Waals surface area contributed by atoms with Gasteiger partial charge in [0.2, 0.25) is 5.09 Å². The van der Waals surface area contributed by atoms with Crippen LogP contribution in [0.1, 0.15) is 47.8 Å². The third-order valence-electron chi connectivity index (χ3n) is 4.73. The van der Waals surface area contributed by atoms with Gasteiger partial charge in [-0.1, -0.05) is 25.0 Å². The first-order chi connectivity index (χ1) is 12.4. The number of sulfonamides is 1. The van der Waals surface area contributed by atoms with E-state index in [9.17, 15) is 17.6 Å². The van der Waals surface area contributed by atoms with Crippen LogP contribution in [-0.4, -0.2) is 21.4 Å². The maximum Gasteiger partial charge on any atom is 0.287 e. The van der Waals surface area contributed by atoms with Crippen LogP contribution in [0.3, 0.4) is 0 Å². The van der Waals surface area contributed by atoms with Gasteiger partial charge in [-0.15, -0.1) is 0 Å². The molecule has 1 aliphatic rings. The van der Waals surface area contributed by atoms with Crippen LogP contribution in [0.15, 0.2) is 45.9 Å². The SMILES string of the molecule is CNS(=O)(=O)c1ccc(C(=O)N[C@H](c2ccc(F)cc2)C2CCCC2)o1. The molecule has 1 aromatic heterocycles. The molecule has 0 saturated heterocycles. The van der Waals surface area contributed by atoms with Gasteiger partial charge in [0.15, 0.2) is 5.76 Å². The van der Waals surface area contributed by atoms with E-state index in [1.54, 1.807) is 12.1 Å². The van der Waals surface area contributed by atoms with Gasteiger partial charge in [-0.2, -0.15) is 0 Å². The molecule has 8 heteroatoms. The Hall–Kier alpha value is -2.19. The summed E-state index contributed by atoms with van der Waals surface area (Å²) < 4.78 is 44.1. The van der Waals surface area contributed by atoms with Crippen molar-refractivity contribution in [2.24, 2.45) is 5.92 Å². The van der Waals surface area contributed by atoms with Crippen LogP contribution < -0.4 is 10.0 Å². The van der Waals surface area contributed by atoms with Crippen molar-refractivity contribution in [2.45, 2.75) is 36.8 Å². The molecule has 6 nitrogen and oxygen atoms in total. The van der Waals surface area contributed by atoms with Crippen LogP contribution in [0.2, 0.25) is 0 Å². The number of carbonyl (C=O) groups is 1. The van der Waals surface area contributed by atoms with Crippen molar-refractivity contribution < 1.29 is 22.0 Å². The fraction of sp³-hybridized carbons (Fsp3) is 0.389. The van der Waals surface area contributed by atoms with E-state index in [0.717, 1.165) is 31.2 Å². The Morgan fingerprint density at radius 1 is 1.15 bits per heavy atom. The monoisotopic (exact) mass is 380 g/mol. The number of amides is 1. The molecule has 1 amide bonds. The summed E-state index contributed by atoms with van der Waals surface area (Å²) in [6, 6.07) is 8.36. The Balaban J connectivity index is 1.82. The molecule has 0 radical (unpaired) electrons. The van der Waals surface area contributed by atoms with Crippen molar-refractivity contribution >= 4 is 15.9 Å². The smallest absolute Gasteiger partial charge is 0.287 e. The predicted molar refractivity (Wildman–Crippen MR) is 93.5 cm³/mol. The minimum atomic E-state index is -3.75. The number of nitrogens with one attached hydrogen (secondary N) is 2. The molecule has 1 heterocycles. The fourth-order valence-corrected chi connectivity index (χ4v) is 3.98. The minimum Gasteiger partial charge on any atom is -0.438 e. The predicted octanol–water partition coefficient (Wildman–Crippen LogP) is 2.99. The van der Waals surface area contributed by atoms with Gasteiger partial charge in [-0.05, 0) is 55.6 Å². The second-order valence-electron chi connectivity index (χ2n) is 6.37. The van der Waals surface area contributed by atoms with Gasteiger partial charge in [-0.3, -0.25) is 4.79 Å². The van der Waals surface area contributed by atoms with E-state index in [-0.39, 0.29) is 28.6 Å². The highest BCUT2D eigenvalue weighted by Crippen LogP contribution is 2.36. The topological polar surface area (TPSA) is 88.4 Å². The highest BCUT2D eigenvalue weighted by Gasteiger charge is 2.29. The molecule has 2 aromatic rings. The minimum absolute atomic E-state index is 0.0797. The summed E-state index contributed by atoms with van der Waals surface area (Å²) in [5, 5.41) is 2.61. The Bertz CT molecular complexity index is 871. The lowest BCUT2D eigenvalue weighted by Crippen LogP contribution is -2.32. The number of hydrogen-bond acceptors (Lipinski definition) is 4. The Morgan fingerprint density at radius 2 is 1.81 bits per heavy atom. The summed E-state index contributed by atoms with van der Waals surface area (Å²) in [5.41, 5.74) is 0.821. The lowest BCUT2D eigenvalue weighted by molar-refractivity contribution is 0.0888. The molecule has 1 saturated carbocycles. The zero-order chi connectivity index (χ0) is 18.7. The van der Waals surface area contributed by atoms with Gasteiger partial charge in [0.25, 0.3) is 15.9 Å². The summed E-state index contributed by atoms with van der Waals surface area (Å²) in [6.07, 6.45) is 4.12. The van der Waals surface area contributed by atoms with Crippen LogP contribution >= 0.6 is 0 Å². The summed E-state index contributed by atoms with van der Waals surface area (Å²) in [5.74, 6) is -0.661. The number of rotatable bonds is 6. The molecule has 1 aromatic carbocycles. The standard InChI is InChI=1S/C18H21FN2O4S/c1-20-26(23,24)16-11-10-15(25-16)18(22)21-17(12-4-2-3-5-12)13-6-8-14(19)9-7-13/h6-12,17,20H,2-5H2,1H3,(H,21,22)/t17-/m0/s1. The largest absolute Gasteiger partial charge is 0.438 e. The second-order valence-corrected chi connectivity index (χ2v) is 8.19. The van der Waals surface area contributed by atoms with Crippen LogP contribution in [0.4, 0.5) is 4.39 Å². The zero-order valence-corrected chi connectivity index (χ0v) is 15.2. The Labute approximate surface area is 151 Å². The molecular formula is C18H21FN2O4S. The fourth-order valence-electron chi connectivity index (χ4n) is 3.33. The van der Waals surface area contributed by atoms with Gasteiger partial charge < -0.3 is 9.73 Å². The van der Waals surface area contributed by atoms with E-state index in [2.05, 4.69) is 10.0 Å². The molecule has 2 N–H and O–H groups in total. The highest BCUT2D eigenvalue weighted by molar-refractivity contribution is 7.89. The normalized spacial score (nSPS) is 16.5. The molecule has 3 rings (SSSR count). The van der Waals surface area contributed by atoms with E-state index in [4.69, 9.17) is 4.42 Å². The molecule has 1 aliphatic carbocycles. The molecule has 1 atom stereocenters. The number of halogens is 1. The van der Waals surface area contributed by atoms with E-state index >= 15 is 0 Å². The van der Waals surface area contributed by atoms with E-state index in [1.165, 1.54) is 31.3 Å². The van der Waals surface area contributed by atoms with Gasteiger partial charge in [-0.25, -0.2) is 17.5 Å². The number of furan rings is 1. The number of carbonyl (C=O) groups excluding carboxylic acids is 1. The van der Waals surface area contributed by atoms with E-state index in [1.807, 2.05) is 0 Å². The molecule has 0 unspecified atom stereocenters. The summed E-state index contributed by atoms with van der Waals surface area (Å²) >= 11 is 0. The van der Waals surface area contributed by atoms with E-state index < -0.39 is 15.9 Å². The number of benzene rings is 1. The van der Waals surface area contributed by atoms with Gasteiger partial charge in [0.05, 0.1) is 6.04 Å². The average molecular weight is 380 g/mol. The summed E-state index contributed by atoms with van der Waals surface area (Å²) in [4.78, 5) is 12.6. The maximum absolute atomic E-state index is 13.2. The Kier molecular flexibility index (Phi) is 5.43. The highest BCUT2D eigenvalue weighted by atomic mass is 32.2. The Morgan fingerprint density at radius 3 is 2.42 bits per heavy atom. The summed E-state index contributed by atoms with van der Waals surface area (Å²) in [6.45, 7) is 0. The molecule has 1 fully saturated rings. The van der Waals surface area contributed by atoms with Crippen molar-refractivity contribution in [3.8, 4) is 0 Å². The van der Waals surface area contributed by atoms with Crippen molar-refractivity contribution in [2.75, 3.05) is 7.05 Å². The van der Waals surface area contributed by atoms with Crippen LogP contribution in [0.5, 0.6) is 0 Å². The van der Waals surface area contributed by atoms with Crippen LogP contribution in [0.25, 0.3) is 0 Å². The summed E-state index contributed by atoms with van der Waals surface area (Å²) in [7, 11) is -2.48. The quantitative estimate of drug-likeness (QED) is 0.806. The van der Waals surface area contributed by atoms with Crippen molar-refractivity contribution in [3.63, 3.8) is 0 Å². The van der Waals surface area contributed by atoms with Crippen molar-refractivity contribution in [1.29, 1.82) is 0 Å². The zero-order valence-electron chi connectivity index (χ0n) is 14.4.